The van der Waals surface area contributed by atoms with Crippen LogP contribution < -0.4 is 10.2 Å². The van der Waals surface area contributed by atoms with E-state index in [-0.39, 0.29) is 18.5 Å². The third kappa shape index (κ3) is 7.43. The monoisotopic (exact) mass is 379 g/mol. The lowest BCUT2D eigenvalue weighted by Crippen LogP contribution is -3.09. The summed E-state index contributed by atoms with van der Waals surface area (Å²) >= 11 is 0. The Morgan fingerprint density at radius 2 is 1.67 bits per heavy atom. The molecule has 0 aliphatic carbocycles. The molecule has 0 bridgehead atoms. The molecule has 0 saturated heterocycles. The summed E-state index contributed by atoms with van der Waals surface area (Å²) < 4.78 is 37.8. The van der Waals surface area contributed by atoms with Gasteiger partial charge in [0.25, 0.3) is 5.91 Å². The minimum Gasteiger partial charge on any atom is -0.349 e. The van der Waals surface area contributed by atoms with Crippen LogP contribution in [-0.2, 0) is 23.9 Å². The van der Waals surface area contributed by atoms with Gasteiger partial charge in [0.05, 0.1) is 12.6 Å². The second-order valence-electron chi connectivity index (χ2n) is 7.00. The fourth-order valence-corrected chi connectivity index (χ4v) is 2.92. The molecule has 27 heavy (non-hydrogen) atoms. The lowest BCUT2D eigenvalue weighted by Gasteiger charge is -2.17. The van der Waals surface area contributed by atoms with Crippen molar-refractivity contribution in [2.45, 2.75) is 38.5 Å². The fraction of sp³-hybridized carbons (Fsp3) is 0.381. The van der Waals surface area contributed by atoms with Gasteiger partial charge >= 0.3 is 6.18 Å². The van der Waals surface area contributed by atoms with Gasteiger partial charge in [0.1, 0.15) is 6.54 Å². The van der Waals surface area contributed by atoms with Gasteiger partial charge < -0.3 is 10.2 Å². The van der Waals surface area contributed by atoms with Crippen molar-refractivity contribution in [2.75, 3.05) is 13.6 Å². The number of carbonyl (C=O) groups excluding carboxylic acids is 1. The van der Waals surface area contributed by atoms with Gasteiger partial charge in [-0.25, -0.2) is 0 Å². The molecule has 1 amide bonds. The Bertz CT molecular complexity index is 714. The Labute approximate surface area is 158 Å². The van der Waals surface area contributed by atoms with Crippen LogP contribution in [0.5, 0.6) is 0 Å². The number of rotatable bonds is 8. The maximum Gasteiger partial charge on any atom is 0.416 e. The molecule has 1 unspecified atom stereocenters. The van der Waals surface area contributed by atoms with Gasteiger partial charge in [-0.15, -0.1) is 0 Å². The normalized spacial score (nSPS) is 13.8. The Kier molecular flexibility index (Phi) is 7.42. The van der Waals surface area contributed by atoms with Crippen LogP contribution in [0.2, 0.25) is 0 Å². The lowest BCUT2D eigenvalue weighted by atomic mass is 10.1. The van der Waals surface area contributed by atoms with Gasteiger partial charge in [0.2, 0.25) is 0 Å². The summed E-state index contributed by atoms with van der Waals surface area (Å²) in [7, 11) is 1.85. The van der Waals surface area contributed by atoms with Crippen molar-refractivity contribution in [3.8, 4) is 0 Å². The second-order valence-corrected chi connectivity index (χ2v) is 7.00. The third-order valence-electron chi connectivity index (χ3n) is 4.37. The number of likely N-dealkylation sites (N-methyl/N-ethyl adjacent to an activating group) is 1. The molecule has 146 valence electrons. The Morgan fingerprint density at radius 1 is 1.04 bits per heavy atom. The molecule has 0 heterocycles. The van der Waals surface area contributed by atoms with E-state index >= 15 is 0 Å². The van der Waals surface area contributed by atoms with Crippen LogP contribution in [0.4, 0.5) is 13.2 Å². The molecule has 0 spiro atoms. The summed E-state index contributed by atoms with van der Waals surface area (Å²) in [5.74, 6) is -0.0556. The predicted octanol–water partition coefficient (Wildman–Crippen LogP) is 2.86. The van der Waals surface area contributed by atoms with E-state index in [0.29, 0.717) is 6.54 Å². The predicted molar refractivity (Wildman–Crippen MR) is 99.3 cm³/mol. The average molecular weight is 379 g/mol. The van der Waals surface area contributed by atoms with Crippen LogP contribution >= 0.6 is 0 Å². The summed E-state index contributed by atoms with van der Waals surface area (Å²) in [6.07, 6.45) is -2.57. The van der Waals surface area contributed by atoms with E-state index in [0.717, 1.165) is 35.4 Å². The highest BCUT2D eigenvalue weighted by Crippen LogP contribution is 2.28. The zero-order chi connectivity index (χ0) is 19.9. The molecule has 0 fully saturated rings. The quantitative estimate of drug-likeness (QED) is 0.727. The van der Waals surface area contributed by atoms with Crippen molar-refractivity contribution >= 4 is 5.91 Å². The van der Waals surface area contributed by atoms with Crippen molar-refractivity contribution in [3.05, 3.63) is 71.3 Å². The van der Waals surface area contributed by atoms with E-state index in [1.54, 1.807) is 0 Å². The van der Waals surface area contributed by atoms with E-state index in [1.165, 1.54) is 17.7 Å². The number of hydrogen-bond donors (Lipinski definition) is 2. The summed E-state index contributed by atoms with van der Waals surface area (Å²) in [5, 5.41) is 2.99. The zero-order valence-electron chi connectivity index (χ0n) is 15.6. The molecule has 0 radical (unpaired) electrons. The van der Waals surface area contributed by atoms with E-state index in [1.807, 2.05) is 32.2 Å². The largest absolute Gasteiger partial charge is 0.416 e. The number of nitrogens with one attached hydrogen (secondary N) is 2. The number of alkyl halides is 3. The molecular formula is C21H26F3N2O+. The summed E-state index contributed by atoms with van der Waals surface area (Å²) in [6.45, 7) is 2.74. The minimum atomic E-state index is -4.33. The van der Waals surface area contributed by atoms with E-state index < -0.39 is 11.7 Å². The Hall–Kier alpha value is -2.34. The minimum absolute atomic E-state index is 0.0556. The van der Waals surface area contributed by atoms with Crippen LogP contribution in [-0.4, -0.2) is 25.5 Å². The molecular weight excluding hydrogens is 353 g/mol. The maximum absolute atomic E-state index is 12.6. The Morgan fingerprint density at radius 3 is 2.26 bits per heavy atom. The van der Waals surface area contributed by atoms with Gasteiger partial charge in [-0.2, -0.15) is 13.2 Å². The van der Waals surface area contributed by atoms with Crippen molar-refractivity contribution in [3.63, 3.8) is 0 Å². The molecule has 0 aliphatic rings. The number of carbonyl (C=O) groups is 1. The number of quaternary nitrogens is 1. The molecule has 2 aromatic carbocycles. The van der Waals surface area contributed by atoms with Crippen molar-refractivity contribution in [1.29, 1.82) is 0 Å². The summed E-state index contributed by atoms with van der Waals surface area (Å²) in [5.41, 5.74) is 1.35. The average Bonchev–Trinajstić information content (AvgIpc) is 2.60. The molecule has 0 aromatic heterocycles. The molecule has 3 nitrogen and oxygen atoms in total. The first-order valence-corrected chi connectivity index (χ1v) is 9.05. The van der Waals surface area contributed by atoms with Crippen LogP contribution in [0.3, 0.4) is 0 Å². The highest BCUT2D eigenvalue weighted by molar-refractivity contribution is 5.77. The number of aryl methyl sites for hydroxylation is 1. The second kappa shape index (κ2) is 9.55. The van der Waals surface area contributed by atoms with Crippen molar-refractivity contribution in [2.24, 2.45) is 0 Å². The summed E-state index contributed by atoms with van der Waals surface area (Å²) in [6, 6.07) is 15.3. The van der Waals surface area contributed by atoms with Gasteiger partial charge in [0, 0.05) is 11.6 Å². The number of amides is 1. The standard InChI is InChI=1S/C21H25F3N2O/c1-16(8-9-17-6-4-3-5-7-17)25-20(27)15-26(2)14-18-10-12-19(13-11-18)21(22,23)24/h3-7,10-13,16H,8-9,14-15H2,1-2H3,(H,25,27)/p+1/t16-/m1/s1. The van der Waals surface area contributed by atoms with Gasteiger partial charge in [-0.1, -0.05) is 42.5 Å². The maximum atomic E-state index is 12.6. The van der Waals surface area contributed by atoms with E-state index in [4.69, 9.17) is 0 Å². The third-order valence-corrected chi connectivity index (χ3v) is 4.37. The lowest BCUT2D eigenvalue weighted by molar-refractivity contribution is -0.885. The molecule has 0 saturated carbocycles. The molecule has 0 aliphatic heterocycles. The van der Waals surface area contributed by atoms with Gasteiger partial charge in [0.15, 0.2) is 6.54 Å². The first-order valence-electron chi connectivity index (χ1n) is 9.05. The number of halogens is 3. The zero-order valence-corrected chi connectivity index (χ0v) is 15.6. The highest BCUT2D eigenvalue weighted by Gasteiger charge is 2.30. The highest BCUT2D eigenvalue weighted by atomic mass is 19.4. The van der Waals surface area contributed by atoms with Crippen molar-refractivity contribution in [1.82, 2.24) is 5.32 Å². The topological polar surface area (TPSA) is 33.5 Å². The van der Waals surface area contributed by atoms with Crippen LogP contribution in [0, 0.1) is 0 Å². The molecule has 2 N–H and O–H groups in total. The smallest absolute Gasteiger partial charge is 0.349 e. The fourth-order valence-electron chi connectivity index (χ4n) is 2.92. The van der Waals surface area contributed by atoms with E-state index in [2.05, 4.69) is 17.4 Å². The summed E-state index contributed by atoms with van der Waals surface area (Å²) in [4.78, 5) is 13.1. The van der Waals surface area contributed by atoms with Gasteiger partial charge in [-0.3, -0.25) is 4.79 Å². The molecule has 2 aromatic rings. The van der Waals surface area contributed by atoms with Crippen LogP contribution in [0.1, 0.15) is 30.0 Å². The molecule has 6 heteroatoms. The SMILES string of the molecule is C[C@H](CCc1ccccc1)NC(=O)C[NH+](C)Cc1ccc(C(F)(F)F)cc1. The first kappa shape index (κ1) is 21.0. The molecule has 2 atom stereocenters. The van der Waals surface area contributed by atoms with E-state index in [9.17, 15) is 18.0 Å². The van der Waals surface area contributed by atoms with Crippen LogP contribution in [0.25, 0.3) is 0 Å². The number of benzene rings is 2. The van der Waals surface area contributed by atoms with Crippen LogP contribution in [0.15, 0.2) is 54.6 Å². The number of hydrogen-bond acceptors (Lipinski definition) is 1. The van der Waals surface area contributed by atoms with Gasteiger partial charge in [-0.05, 0) is 37.5 Å². The Balaban J connectivity index is 1.74. The van der Waals surface area contributed by atoms with Crippen molar-refractivity contribution < 1.29 is 22.9 Å². The molecule has 2 rings (SSSR count). The first-order chi connectivity index (χ1) is 12.7.